The summed E-state index contributed by atoms with van der Waals surface area (Å²) >= 11 is 0. The fraction of sp³-hybridized carbons (Fsp3) is 0.381. The molecule has 2 aromatic rings. The van der Waals surface area contributed by atoms with Crippen molar-refractivity contribution in [3.05, 3.63) is 59.9 Å². The number of carbonyl (C=O) groups is 1. The van der Waals surface area contributed by atoms with E-state index >= 15 is 0 Å². The number of likely N-dealkylation sites (tertiary alicyclic amines) is 1. The summed E-state index contributed by atoms with van der Waals surface area (Å²) in [4.78, 5) is 14.7. The molecule has 0 radical (unpaired) electrons. The molecule has 5 nitrogen and oxygen atoms in total. The van der Waals surface area contributed by atoms with Gasteiger partial charge >= 0.3 is 0 Å². The molecular formula is C21H23FN2O3S. The van der Waals surface area contributed by atoms with Crippen molar-refractivity contribution in [3.63, 3.8) is 0 Å². The van der Waals surface area contributed by atoms with Gasteiger partial charge in [0.25, 0.3) is 0 Å². The molecule has 2 fully saturated rings. The number of halogens is 1. The van der Waals surface area contributed by atoms with Crippen molar-refractivity contribution >= 4 is 15.9 Å². The molecule has 3 atom stereocenters. The maximum Gasteiger partial charge on any atom is 0.226 e. The van der Waals surface area contributed by atoms with E-state index in [4.69, 9.17) is 0 Å². The van der Waals surface area contributed by atoms with Gasteiger partial charge in [0.15, 0.2) is 0 Å². The SMILES string of the molecule is CS(=O)(=O)N[C@H]1CCN(C(=O)[C@@H]2C[C@H]2c2ccccc2-c2ccc(F)cc2)C1. The van der Waals surface area contributed by atoms with Crippen molar-refractivity contribution in [2.24, 2.45) is 5.92 Å². The van der Waals surface area contributed by atoms with Gasteiger partial charge in [0.1, 0.15) is 5.82 Å². The molecule has 0 bridgehead atoms. The van der Waals surface area contributed by atoms with Crippen molar-refractivity contribution in [3.8, 4) is 11.1 Å². The molecular weight excluding hydrogens is 379 g/mol. The number of sulfonamides is 1. The van der Waals surface area contributed by atoms with Crippen molar-refractivity contribution < 1.29 is 17.6 Å². The van der Waals surface area contributed by atoms with Gasteiger partial charge < -0.3 is 4.90 Å². The average Bonchev–Trinajstić information content (AvgIpc) is 3.32. The lowest BCUT2D eigenvalue weighted by molar-refractivity contribution is -0.131. The van der Waals surface area contributed by atoms with E-state index in [1.807, 2.05) is 24.3 Å². The zero-order chi connectivity index (χ0) is 19.9. The average molecular weight is 402 g/mol. The Hall–Kier alpha value is -2.25. The Morgan fingerprint density at radius 1 is 1.14 bits per heavy atom. The molecule has 1 saturated carbocycles. The lowest BCUT2D eigenvalue weighted by atomic mass is 9.96. The van der Waals surface area contributed by atoms with Crippen LogP contribution in [0.1, 0.15) is 24.3 Å². The zero-order valence-electron chi connectivity index (χ0n) is 15.6. The van der Waals surface area contributed by atoms with Gasteiger partial charge in [-0.3, -0.25) is 4.79 Å². The lowest BCUT2D eigenvalue weighted by Gasteiger charge is -2.17. The largest absolute Gasteiger partial charge is 0.341 e. The first kappa shape index (κ1) is 19.1. The summed E-state index contributed by atoms with van der Waals surface area (Å²) in [5, 5.41) is 0. The fourth-order valence-corrected chi connectivity index (χ4v) is 4.92. The van der Waals surface area contributed by atoms with Crippen LogP contribution in [0.5, 0.6) is 0 Å². The minimum atomic E-state index is -3.27. The molecule has 0 spiro atoms. The molecule has 1 amide bonds. The second-order valence-electron chi connectivity index (χ2n) is 7.70. The highest BCUT2D eigenvalue weighted by Crippen LogP contribution is 2.51. The van der Waals surface area contributed by atoms with Crippen LogP contribution in [0.25, 0.3) is 11.1 Å². The summed E-state index contributed by atoms with van der Waals surface area (Å²) in [5.74, 6) is -0.0991. The third kappa shape index (κ3) is 4.10. The molecule has 2 aliphatic rings. The van der Waals surface area contributed by atoms with Crippen LogP contribution >= 0.6 is 0 Å². The Labute approximate surface area is 164 Å². The molecule has 0 unspecified atom stereocenters. The van der Waals surface area contributed by atoms with E-state index in [-0.39, 0.29) is 29.6 Å². The van der Waals surface area contributed by atoms with Crippen LogP contribution in [-0.4, -0.2) is 44.6 Å². The van der Waals surface area contributed by atoms with Crippen LogP contribution in [0.4, 0.5) is 4.39 Å². The number of nitrogens with zero attached hydrogens (tertiary/aromatic N) is 1. The lowest BCUT2D eigenvalue weighted by Crippen LogP contribution is -2.38. The normalized spacial score (nSPS) is 24.4. The quantitative estimate of drug-likeness (QED) is 0.836. The summed E-state index contributed by atoms with van der Waals surface area (Å²) in [6.07, 6.45) is 2.57. The molecule has 2 aromatic carbocycles. The summed E-state index contributed by atoms with van der Waals surface area (Å²) in [6.45, 7) is 1.00. The molecule has 7 heteroatoms. The maximum atomic E-state index is 13.3. The second-order valence-corrected chi connectivity index (χ2v) is 9.48. The van der Waals surface area contributed by atoms with Crippen molar-refractivity contribution in [1.82, 2.24) is 9.62 Å². The van der Waals surface area contributed by atoms with Crippen LogP contribution < -0.4 is 4.72 Å². The van der Waals surface area contributed by atoms with Gasteiger partial charge in [-0.2, -0.15) is 0 Å². The summed E-state index contributed by atoms with van der Waals surface area (Å²) in [5.41, 5.74) is 3.08. The minimum absolute atomic E-state index is 0.0708. The molecule has 0 aromatic heterocycles. The van der Waals surface area contributed by atoms with E-state index in [0.717, 1.165) is 29.4 Å². The van der Waals surface area contributed by atoms with E-state index in [1.54, 1.807) is 17.0 Å². The van der Waals surface area contributed by atoms with Gasteiger partial charge in [-0.15, -0.1) is 0 Å². The Kier molecular flexibility index (Phi) is 4.97. The van der Waals surface area contributed by atoms with Crippen LogP contribution in [0.15, 0.2) is 48.5 Å². The van der Waals surface area contributed by atoms with E-state index in [9.17, 15) is 17.6 Å². The molecule has 1 aliphatic heterocycles. The number of amides is 1. The van der Waals surface area contributed by atoms with Crippen LogP contribution in [-0.2, 0) is 14.8 Å². The predicted octanol–water partition coefficient (Wildman–Crippen LogP) is 2.75. The van der Waals surface area contributed by atoms with Gasteiger partial charge in [-0.25, -0.2) is 17.5 Å². The number of hydrogen-bond donors (Lipinski definition) is 1. The monoisotopic (exact) mass is 402 g/mol. The van der Waals surface area contributed by atoms with Crippen molar-refractivity contribution in [2.75, 3.05) is 19.3 Å². The molecule has 1 heterocycles. The Bertz CT molecular complexity index is 991. The van der Waals surface area contributed by atoms with Gasteiger partial charge in [0, 0.05) is 25.0 Å². The number of carbonyl (C=O) groups excluding carboxylic acids is 1. The van der Waals surface area contributed by atoms with E-state index in [2.05, 4.69) is 4.72 Å². The molecule has 28 heavy (non-hydrogen) atoms. The van der Waals surface area contributed by atoms with Gasteiger partial charge in [-0.1, -0.05) is 36.4 Å². The van der Waals surface area contributed by atoms with Crippen LogP contribution in [0.2, 0.25) is 0 Å². The highest BCUT2D eigenvalue weighted by Gasteiger charge is 2.47. The summed E-state index contributed by atoms with van der Waals surface area (Å²) < 4.78 is 38.6. The molecule has 1 aliphatic carbocycles. The van der Waals surface area contributed by atoms with Gasteiger partial charge in [-0.05, 0) is 47.6 Å². The van der Waals surface area contributed by atoms with Gasteiger partial charge in [0.2, 0.25) is 15.9 Å². The van der Waals surface area contributed by atoms with E-state index in [1.165, 1.54) is 12.1 Å². The molecule has 4 rings (SSSR count). The molecule has 1 saturated heterocycles. The standard InChI is InChI=1S/C21H23FN2O3S/c1-28(26,27)23-16-10-11-24(13-16)21(25)20-12-19(20)18-5-3-2-4-17(18)14-6-8-15(22)9-7-14/h2-9,16,19-20,23H,10-13H2,1H3/t16-,19-,20+/m0/s1. The minimum Gasteiger partial charge on any atom is -0.341 e. The highest BCUT2D eigenvalue weighted by atomic mass is 32.2. The Morgan fingerprint density at radius 2 is 1.86 bits per heavy atom. The Balaban J connectivity index is 1.46. The van der Waals surface area contributed by atoms with Gasteiger partial charge in [0.05, 0.1) is 6.26 Å². The highest BCUT2D eigenvalue weighted by molar-refractivity contribution is 7.88. The maximum absolute atomic E-state index is 13.3. The summed E-state index contributed by atoms with van der Waals surface area (Å²) in [7, 11) is -3.27. The third-order valence-corrected chi connectivity index (χ3v) is 6.27. The van der Waals surface area contributed by atoms with E-state index in [0.29, 0.717) is 19.5 Å². The number of nitrogens with one attached hydrogen (secondary N) is 1. The predicted molar refractivity (Wildman–Crippen MR) is 106 cm³/mol. The number of rotatable bonds is 5. The smallest absolute Gasteiger partial charge is 0.226 e. The van der Waals surface area contributed by atoms with E-state index < -0.39 is 10.0 Å². The summed E-state index contributed by atoms with van der Waals surface area (Å²) in [6, 6.07) is 14.2. The number of hydrogen-bond acceptors (Lipinski definition) is 3. The Morgan fingerprint density at radius 3 is 2.57 bits per heavy atom. The van der Waals surface area contributed by atoms with Crippen LogP contribution in [0.3, 0.4) is 0 Å². The molecule has 1 N–H and O–H groups in total. The van der Waals surface area contributed by atoms with Crippen molar-refractivity contribution in [1.29, 1.82) is 0 Å². The van der Waals surface area contributed by atoms with Crippen molar-refractivity contribution in [2.45, 2.75) is 24.8 Å². The first-order valence-corrected chi connectivity index (χ1v) is 11.3. The number of benzene rings is 2. The molecule has 148 valence electrons. The second kappa shape index (κ2) is 7.29. The fourth-order valence-electron chi connectivity index (χ4n) is 4.12. The first-order chi connectivity index (χ1) is 13.3. The topological polar surface area (TPSA) is 66.5 Å². The zero-order valence-corrected chi connectivity index (χ0v) is 16.5. The van der Waals surface area contributed by atoms with Crippen LogP contribution in [0, 0.1) is 11.7 Å². The third-order valence-electron chi connectivity index (χ3n) is 5.50. The first-order valence-electron chi connectivity index (χ1n) is 9.43.